The third-order valence-corrected chi connectivity index (χ3v) is 1.33. The van der Waals surface area contributed by atoms with E-state index in [4.69, 9.17) is 16.6 Å². The van der Waals surface area contributed by atoms with Gasteiger partial charge in [0.05, 0.1) is 0 Å². The van der Waals surface area contributed by atoms with E-state index in [-0.39, 0.29) is 11.7 Å². The standard InChI is InChI=1S/C7H8N4O5/c8-4(12)2-16-11-5(6(13)14)3-1-15-7(9)10-3/h1H,2H2,(H2,8,12)(H2,9,10)(H,13,14). The van der Waals surface area contributed by atoms with Crippen LogP contribution in [0.1, 0.15) is 5.69 Å². The number of oxazole rings is 1. The summed E-state index contributed by atoms with van der Waals surface area (Å²) in [4.78, 5) is 29.0. The predicted molar refractivity (Wildman–Crippen MR) is 50.2 cm³/mol. The van der Waals surface area contributed by atoms with Crippen LogP contribution in [0, 0.1) is 0 Å². The van der Waals surface area contributed by atoms with Crippen LogP contribution in [0.4, 0.5) is 6.01 Å². The van der Waals surface area contributed by atoms with Crippen molar-refractivity contribution in [1.82, 2.24) is 4.98 Å². The topological polar surface area (TPSA) is 154 Å². The molecule has 0 aliphatic rings. The molecule has 86 valence electrons. The van der Waals surface area contributed by atoms with Crippen LogP contribution in [-0.2, 0) is 14.4 Å². The number of aromatic nitrogens is 1. The number of hydrogen-bond acceptors (Lipinski definition) is 7. The van der Waals surface area contributed by atoms with Crippen molar-refractivity contribution < 1.29 is 24.0 Å². The number of carbonyl (C=O) groups excluding carboxylic acids is 1. The Morgan fingerprint density at radius 1 is 1.62 bits per heavy atom. The number of amides is 1. The summed E-state index contributed by atoms with van der Waals surface area (Å²) in [5, 5.41) is 11.9. The molecule has 0 radical (unpaired) electrons. The van der Waals surface area contributed by atoms with Crippen LogP contribution in [0.5, 0.6) is 0 Å². The highest BCUT2D eigenvalue weighted by molar-refractivity contribution is 6.41. The summed E-state index contributed by atoms with van der Waals surface area (Å²) < 4.78 is 4.60. The molecule has 0 atom stereocenters. The Balaban J connectivity index is 2.83. The molecule has 1 aromatic rings. The number of hydrogen-bond donors (Lipinski definition) is 3. The molecule has 16 heavy (non-hydrogen) atoms. The molecule has 0 aliphatic heterocycles. The first-order valence-electron chi connectivity index (χ1n) is 3.93. The Morgan fingerprint density at radius 3 is 2.75 bits per heavy atom. The molecule has 1 rings (SSSR count). The van der Waals surface area contributed by atoms with E-state index in [1.165, 1.54) is 0 Å². The Bertz CT molecular complexity index is 438. The third kappa shape index (κ3) is 2.97. The van der Waals surface area contributed by atoms with Gasteiger partial charge < -0.3 is 25.8 Å². The molecule has 0 bridgehead atoms. The molecule has 0 aliphatic carbocycles. The molecule has 1 amide bonds. The van der Waals surface area contributed by atoms with Crippen LogP contribution in [0.15, 0.2) is 15.8 Å². The fraction of sp³-hybridized carbons (Fsp3) is 0.143. The maximum atomic E-state index is 10.7. The predicted octanol–water partition coefficient (Wildman–Crippen LogP) is -1.45. The summed E-state index contributed by atoms with van der Waals surface area (Å²) in [5.74, 6) is -2.19. The van der Waals surface area contributed by atoms with E-state index in [0.717, 1.165) is 6.26 Å². The van der Waals surface area contributed by atoms with E-state index >= 15 is 0 Å². The molecule has 0 saturated carbocycles. The highest BCUT2D eigenvalue weighted by atomic mass is 16.6. The smallest absolute Gasteiger partial charge is 0.360 e. The van der Waals surface area contributed by atoms with Crippen molar-refractivity contribution in [3.05, 3.63) is 12.0 Å². The first-order valence-corrected chi connectivity index (χ1v) is 3.93. The van der Waals surface area contributed by atoms with Crippen LogP contribution in [0.3, 0.4) is 0 Å². The van der Waals surface area contributed by atoms with E-state index in [1.54, 1.807) is 0 Å². The summed E-state index contributed by atoms with van der Waals surface area (Å²) in [6, 6.07) is -0.209. The largest absolute Gasteiger partial charge is 0.476 e. The molecule has 0 aromatic carbocycles. The molecule has 1 aromatic heterocycles. The number of carboxylic acids is 1. The Hall–Kier alpha value is -2.58. The van der Waals surface area contributed by atoms with Gasteiger partial charge in [-0.25, -0.2) is 4.79 Å². The molecular formula is C7H8N4O5. The second-order valence-corrected chi connectivity index (χ2v) is 2.56. The normalized spacial score (nSPS) is 11.1. The highest BCUT2D eigenvalue weighted by Gasteiger charge is 2.18. The lowest BCUT2D eigenvalue weighted by Gasteiger charge is -1.97. The van der Waals surface area contributed by atoms with Gasteiger partial charge in [0.15, 0.2) is 6.61 Å². The molecule has 9 heteroatoms. The zero-order valence-electron chi connectivity index (χ0n) is 7.91. The van der Waals surface area contributed by atoms with Crippen molar-refractivity contribution in [3.8, 4) is 0 Å². The van der Waals surface area contributed by atoms with Crippen molar-refractivity contribution in [1.29, 1.82) is 0 Å². The number of rotatable bonds is 5. The van der Waals surface area contributed by atoms with Crippen LogP contribution < -0.4 is 11.5 Å². The first kappa shape index (κ1) is 11.5. The van der Waals surface area contributed by atoms with E-state index < -0.39 is 24.2 Å². The van der Waals surface area contributed by atoms with Gasteiger partial charge in [-0.3, -0.25) is 4.79 Å². The minimum absolute atomic E-state index is 0.116. The van der Waals surface area contributed by atoms with E-state index in [2.05, 4.69) is 19.4 Å². The van der Waals surface area contributed by atoms with Crippen molar-refractivity contribution in [2.75, 3.05) is 12.3 Å². The van der Waals surface area contributed by atoms with Gasteiger partial charge in [-0.1, -0.05) is 5.16 Å². The number of carbonyl (C=O) groups is 2. The number of anilines is 1. The number of oxime groups is 1. The zero-order valence-corrected chi connectivity index (χ0v) is 7.91. The summed E-state index contributed by atoms with van der Waals surface area (Å²) in [5.41, 5.74) is 9.26. The lowest BCUT2D eigenvalue weighted by Crippen LogP contribution is -2.19. The second-order valence-electron chi connectivity index (χ2n) is 2.56. The Kier molecular flexibility index (Phi) is 3.43. The van der Waals surface area contributed by atoms with Crippen LogP contribution in [-0.4, -0.2) is 34.3 Å². The van der Waals surface area contributed by atoms with Gasteiger partial charge in [0.25, 0.3) is 11.9 Å². The van der Waals surface area contributed by atoms with Crippen LogP contribution in [0.2, 0.25) is 0 Å². The number of nitrogens with zero attached hydrogens (tertiary/aromatic N) is 2. The maximum Gasteiger partial charge on any atom is 0.360 e. The van der Waals surface area contributed by atoms with Crippen LogP contribution >= 0.6 is 0 Å². The van der Waals surface area contributed by atoms with Crippen molar-refractivity contribution in [3.63, 3.8) is 0 Å². The summed E-state index contributed by atoms with van der Waals surface area (Å²) >= 11 is 0. The molecule has 0 fully saturated rings. The number of primary amides is 1. The molecule has 0 saturated heterocycles. The van der Waals surface area contributed by atoms with Crippen molar-refractivity contribution in [2.45, 2.75) is 0 Å². The van der Waals surface area contributed by atoms with Crippen molar-refractivity contribution in [2.24, 2.45) is 10.9 Å². The maximum absolute atomic E-state index is 10.7. The average Bonchev–Trinajstić information content (AvgIpc) is 2.58. The summed E-state index contributed by atoms with van der Waals surface area (Å²) in [7, 11) is 0. The summed E-state index contributed by atoms with van der Waals surface area (Å²) in [6.07, 6.45) is 0.996. The average molecular weight is 228 g/mol. The Labute approximate surface area is 88.7 Å². The quantitative estimate of drug-likeness (QED) is 0.411. The molecule has 1 heterocycles. The monoisotopic (exact) mass is 228 g/mol. The molecule has 5 N–H and O–H groups in total. The SMILES string of the molecule is NC(=O)CON=C(C(=O)O)c1coc(N)n1. The number of nitrogens with two attached hydrogens (primary N) is 2. The lowest BCUT2D eigenvalue weighted by atomic mass is 10.3. The van der Waals surface area contributed by atoms with Gasteiger partial charge in [-0.2, -0.15) is 4.98 Å². The zero-order chi connectivity index (χ0) is 12.1. The van der Waals surface area contributed by atoms with Gasteiger partial charge in [-0.05, 0) is 0 Å². The number of aliphatic carboxylic acids is 1. The second kappa shape index (κ2) is 4.77. The van der Waals surface area contributed by atoms with Gasteiger partial charge in [0.2, 0.25) is 5.71 Å². The highest BCUT2D eigenvalue weighted by Crippen LogP contribution is 2.05. The fourth-order valence-corrected chi connectivity index (χ4v) is 0.752. The molecule has 0 spiro atoms. The van der Waals surface area contributed by atoms with E-state index in [0.29, 0.717) is 0 Å². The Morgan fingerprint density at radius 2 is 2.31 bits per heavy atom. The van der Waals surface area contributed by atoms with Crippen molar-refractivity contribution >= 4 is 23.6 Å². The van der Waals surface area contributed by atoms with Gasteiger partial charge in [0.1, 0.15) is 12.0 Å². The van der Waals surface area contributed by atoms with Crippen LogP contribution in [0.25, 0.3) is 0 Å². The van der Waals surface area contributed by atoms with Gasteiger partial charge >= 0.3 is 5.97 Å². The summed E-state index contributed by atoms with van der Waals surface area (Å²) in [6.45, 7) is -0.538. The number of nitrogen functional groups attached to an aromatic ring is 1. The van der Waals surface area contributed by atoms with E-state index in [9.17, 15) is 9.59 Å². The molecule has 9 nitrogen and oxygen atoms in total. The van der Waals surface area contributed by atoms with Gasteiger partial charge in [-0.15, -0.1) is 0 Å². The first-order chi connectivity index (χ1) is 7.50. The molecule has 0 unspecified atom stereocenters. The van der Waals surface area contributed by atoms with E-state index in [1.807, 2.05) is 0 Å². The molecular weight excluding hydrogens is 220 g/mol. The lowest BCUT2D eigenvalue weighted by molar-refractivity contribution is -0.130. The third-order valence-electron chi connectivity index (χ3n) is 1.33. The number of carboxylic acid groups (broad SMARTS) is 1. The minimum Gasteiger partial charge on any atom is -0.476 e. The fourth-order valence-electron chi connectivity index (χ4n) is 0.752. The van der Waals surface area contributed by atoms with Gasteiger partial charge in [0, 0.05) is 0 Å². The minimum atomic E-state index is -1.40.